The molecule has 0 aliphatic carbocycles. The van der Waals surface area contributed by atoms with Gasteiger partial charge in [-0.15, -0.1) is 5.10 Å². The van der Waals surface area contributed by atoms with Crippen molar-refractivity contribution in [3.8, 4) is 17.2 Å². The topological polar surface area (TPSA) is 85.6 Å². The van der Waals surface area contributed by atoms with E-state index in [9.17, 15) is 4.79 Å². The molecule has 1 amide bonds. The minimum atomic E-state index is -0.0670. The van der Waals surface area contributed by atoms with E-state index in [1.54, 1.807) is 10.9 Å². The number of aromatic nitrogens is 5. The van der Waals surface area contributed by atoms with Gasteiger partial charge in [-0.2, -0.15) is 14.9 Å². The van der Waals surface area contributed by atoms with Crippen molar-refractivity contribution in [1.29, 1.82) is 0 Å². The largest absolute Gasteiger partial charge is 0.310 e. The lowest BCUT2D eigenvalue weighted by Crippen LogP contribution is -2.25. The van der Waals surface area contributed by atoms with Crippen LogP contribution in [0.5, 0.6) is 0 Å². The number of rotatable bonds is 3. The van der Waals surface area contributed by atoms with Gasteiger partial charge in [0.25, 0.3) is 5.95 Å². The maximum atomic E-state index is 12.7. The zero-order valence-electron chi connectivity index (χ0n) is 17.6. The second-order valence-electron chi connectivity index (χ2n) is 7.93. The fourth-order valence-corrected chi connectivity index (χ4v) is 4.22. The van der Waals surface area contributed by atoms with Gasteiger partial charge in [0, 0.05) is 23.5 Å². The fourth-order valence-electron chi connectivity index (χ4n) is 4.22. The van der Waals surface area contributed by atoms with E-state index < -0.39 is 0 Å². The van der Waals surface area contributed by atoms with Crippen molar-refractivity contribution in [3.05, 3.63) is 82.7 Å². The number of nitrogens with one attached hydrogen (secondary N) is 1. The molecule has 1 N–H and O–H groups in total. The van der Waals surface area contributed by atoms with E-state index in [2.05, 4.69) is 52.5 Å². The summed E-state index contributed by atoms with van der Waals surface area (Å²) >= 11 is 0. The Morgan fingerprint density at radius 2 is 1.87 bits per heavy atom. The van der Waals surface area contributed by atoms with Crippen LogP contribution in [0.25, 0.3) is 17.2 Å². The zero-order valence-corrected chi connectivity index (χ0v) is 17.6. The minimum absolute atomic E-state index is 0.0493. The van der Waals surface area contributed by atoms with E-state index >= 15 is 0 Å². The Morgan fingerprint density at radius 1 is 1.06 bits per heavy atom. The van der Waals surface area contributed by atoms with Crippen LogP contribution in [0.3, 0.4) is 0 Å². The lowest BCUT2D eigenvalue weighted by atomic mass is 9.83. The summed E-state index contributed by atoms with van der Waals surface area (Å²) in [6, 6.07) is 16.1. The summed E-state index contributed by atoms with van der Waals surface area (Å²) in [6.45, 7) is 6.11. The molecule has 1 unspecified atom stereocenters. The molecule has 1 aliphatic heterocycles. The predicted octanol–water partition coefficient (Wildman–Crippen LogP) is 4.12. The molecule has 0 saturated heterocycles. The maximum absolute atomic E-state index is 12.7. The highest BCUT2D eigenvalue weighted by Crippen LogP contribution is 2.41. The van der Waals surface area contributed by atoms with Crippen molar-refractivity contribution in [2.45, 2.75) is 33.1 Å². The van der Waals surface area contributed by atoms with Crippen molar-refractivity contribution >= 4 is 11.7 Å². The lowest BCUT2D eigenvalue weighted by Gasteiger charge is -2.25. The molecular weight excluding hydrogens is 388 g/mol. The molecule has 0 spiro atoms. The average Bonchev–Trinajstić information content (AvgIpc) is 3.12. The number of fused-ring (bicyclic) bond motifs is 1. The number of aryl methyl sites for hydroxylation is 3. The van der Waals surface area contributed by atoms with Crippen LogP contribution in [0.15, 0.2) is 54.7 Å². The molecule has 154 valence electrons. The molecule has 2 aromatic carbocycles. The van der Waals surface area contributed by atoms with E-state index in [0.717, 1.165) is 27.9 Å². The van der Waals surface area contributed by atoms with Crippen molar-refractivity contribution in [1.82, 2.24) is 25.0 Å². The number of benzene rings is 2. The highest BCUT2D eigenvalue weighted by atomic mass is 16.1. The van der Waals surface area contributed by atoms with Crippen LogP contribution in [-0.4, -0.2) is 30.9 Å². The van der Waals surface area contributed by atoms with Crippen molar-refractivity contribution in [3.63, 3.8) is 0 Å². The molecule has 5 rings (SSSR count). The first-order valence-electron chi connectivity index (χ1n) is 10.2. The summed E-state index contributed by atoms with van der Waals surface area (Å²) in [6.07, 6.45) is 2.01. The van der Waals surface area contributed by atoms with Crippen LogP contribution in [-0.2, 0) is 4.79 Å². The summed E-state index contributed by atoms with van der Waals surface area (Å²) in [5, 5.41) is 16.0. The SMILES string of the molecule is Cc1ccc(C)c(C2CC(=O)Nc3c2c(C)nn3-c2nncc(-c3ccccc3)n2)c1. The number of carbonyl (C=O) groups excluding carboxylic acids is 1. The van der Waals surface area contributed by atoms with Crippen LogP contribution in [0.2, 0.25) is 0 Å². The van der Waals surface area contributed by atoms with Crippen LogP contribution in [0, 0.1) is 20.8 Å². The molecule has 0 radical (unpaired) electrons. The van der Waals surface area contributed by atoms with Gasteiger partial charge in [-0.05, 0) is 31.9 Å². The predicted molar refractivity (Wildman–Crippen MR) is 118 cm³/mol. The van der Waals surface area contributed by atoms with Crippen LogP contribution < -0.4 is 5.32 Å². The fraction of sp³-hybridized carbons (Fsp3) is 0.208. The molecule has 31 heavy (non-hydrogen) atoms. The molecule has 0 fully saturated rings. The van der Waals surface area contributed by atoms with Gasteiger partial charge in [-0.25, -0.2) is 4.98 Å². The van der Waals surface area contributed by atoms with Crippen LogP contribution >= 0.6 is 0 Å². The Balaban J connectivity index is 1.65. The molecule has 4 aromatic rings. The van der Waals surface area contributed by atoms with Gasteiger partial charge in [0.2, 0.25) is 5.91 Å². The number of nitrogens with zero attached hydrogens (tertiary/aromatic N) is 5. The smallest absolute Gasteiger partial charge is 0.272 e. The van der Waals surface area contributed by atoms with Crippen molar-refractivity contribution in [2.24, 2.45) is 0 Å². The molecule has 1 atom stereocenters. The maximum Gasteiger partial charge on any atom is 0.272 e. The average molecular weight is 410 g/mol. The van der Waals surface area contributed by atoms with Gasteiger partial charge in [-0.3, -0.25) is 4.79 Å². The molecule has 7 nitrogen and oxygen atoms in total. The number of carbonyl (C=O) groups is 1. The van der Waals surface area contributed by atoms with E-state index in [1.807, 2.05) is 37.3 Å². The Labute approximate surface area is 180 Å². The first kappa shape index (κ1) is 19.1. The monoisotopic (exact) mass is 410 g/mol. The normalized spacial score (nSPS) is 15.5. The second-order valence-corrected chi connectivity index (χ2v) is 7.93. The quantitative estimate of drug-likeness (QED) is 0.549. The lowest BCUT2D eigenvalue weighted by molar-refractivity contribution is -0.116. The number of hydrogen-bond donors (Lipinski definition) is 1. The highest BCUT2D eigenvalue weighted by Gasteiger charge is 2.34. The minimum Gasteiger partial charge on any atom is -0.310 e. The summed E-state index contributed by atoms with van der Waals surface area (Å²) < 4.78 is 1.60. The Kier molecular flexibility index (Phi) is 4.58. The highest BCUT2D eigenvalue weighted by molar-refractivity contribution is 5.95. The standard InChI is InChI=1S/C24H22N6O/c1-14-9-10-15(2)18(11-14)19-12-21(31)27-23-22(19)16(3)29-30(23)24-26-20(13-25-28-24)17-7-5-4-6-8-17/h4-11,13,19H,12H2,1-3H3,(H,27,31). The van der Waals surface area contributed by atoms with Crippen LogP contribution in [0.1, 0.15) is 40.3 Å². The number of anilines is 1. The molecule has 3 heterocycles. The molecule has 7 heteroatoms. The third-order valence-corrected chi connectivity index (χ3v) is 5.72. The van der Waals surface area contributed by atoms with Gasteiger partial charge < -0.3 is 5.32 Å². The Hall–Kier alpha value is -3.87. The van der Waals surface area contributed by atoms with E-state index in [1.165, 1.54) is 5.56 Å². The van der Waals surface area contributed by atoms with Crippen LogP contribution in [0.4, 0.5) is 5.82 Å². The molecule has 1 aliphatic rings. The third kappa shape index (κ3) is 3.38. The molecule has 0 saturated carbocycles. The number of hydrogen-bond acceptors (Lipinski definition) is 5. The third-order valence-electron chi connectivity index (χ3n) is 5.72. The van der Waals surface area contributed by atoms with Crippen molar-refractivity contribution in [2.75, 3.05) is 5.32 Å². The summed E-state index contributed by atoms with van der Waals surface area (Å²) in [7, 11) is 0. The van der Waals surface area contributed by atoms with E-state index in [4.69, 9.17) is 5.10 Å². The Bertz CT molecular complexity index is 1290. The number of amides is 1. The second kappa shape index (κ2) is 7.43. The zero-order chi connectivity index (χ0) is 21.5. The van der Waals surface area contributed by atoms with Gasteiger partial charge in [0.15, 0.2) is 0 Å². The summed E-state index contributed by atoms with van der Waals surface area (Å²) in [4.78, 5) is 17.3. The van der Waals surface area contributed by atoms with Gasteiger partial charge >= 0.3 is 0 Å². The van der Waals surface area contributed by atoms with Gasteiger partial charge in [0.05, 0.1) is 17.6 Å². The van der Waals surface area contributed by atoms with E-state index in [0.29, 0.717) is 23.9 Å². The van der Waals surface area contributed by atoms with Gasteiger partial charge in [-0.1, -0.05) is 54.1 Å². The van der Waals surface area contributed by atoms with Crippen molar-refractivity contribution < 1.29 is 4.79 Å². The van der Waals surface area contributed by atoms with Gasteiger partial charge in [0.1, 0.15) is 5.82 Å². The Morgan fingerprint density at radius 3 is 2.68 bits per heavy atom. The van der Waals surface area contributed by atoms with E-state index in [-0.39, 0.29) is 11.8 Å². The summed E-state index contributed by atoms with van der Waals surface area (Å²) in [5.74, 6) is 0.827. The molecule has 2 aromatic heterocycles. The first-order valence-corrected chi connectivity index (χ1v) is 10.2. The molecular formula is C24H22N6O. The summed E-state index contributed by atoms with van der Waals surface area (Å²) in [5.41, 5.74) is 6.95. The first-order chi connectivity index (χ1) is 15.0. The molecule has 0 bridgehead atoms.